The third kappa shape index (κ3) is 3.46. The highest BCUT2D eigenvalue weighted by atomic mass is 16.5. The summed E-state index contributed by atoms with van der Waals surface area (Å²) in [6.07, 6.45) is 3.98. The van der Waals surface area contributed by atoms with Crippen LogP contribution in [0.3, 0.4) is 0 Å². The molecule has 2 aromatic rings. The van der Waals surface area contributed by atoms with Crippen molar-refractivity contribution in [2.24, 2.45) is 5.92 Å². The van der Waals surface area contributed by atoms with Crippen molar-refractivity contribution in [2.45, 2.75) is 45.2 Å². The van der Waals surface area contributed by atoms with Crippen molar-refractivity contribution in [1.29, 1.82) is 0 Å². The Balaban J connectivity index is 1.34. The molecule has 0 saturated carbocycles. The van der Waals surface area contributed by atoms with Crippen LogP contribution < -0.4 is 5.32 Å². The van der Waals surface area contributed by atoms with Gasteiger partial charge in [-0.2, -0.15) is 5.10 Å². The predicted octanol–water partition coefficient (Wildman–Crippen LogP) is 1.59. The van der Waals surface area contributed by atoms with E-state index in [2.05, 4.69) is 20.7 Å². The Hall–Kier alpha value is -2.35. The van der Waals surface area contributed by atoms with Gasteiger partial charge in [0.05, 0.1) is 37.2 Å². The van der Waals surface area contributed by atoms with Gasteiger partial charge < -0.3 is 19.5 Å². The van der Waals surface area contributed by atoms with E-state index >= 15 is 0 Å². The molecule has 0 radical (unpaired) electrons. The van der Waals surface area contributed by atoms with Crippen molar-refractivity contribution in [3.8, 4) is 0 Å². The molecule has 3 heterocycles. The fourth-order valence-corrected chi connectivity index (χ4v) is 3.81. The van der Waals surface area contributed by atoms with Crippen molar-refractivity contribution in [3.05, 3.63) is 34.5 Å². The van der Waals surface area contributed by atoms with E-state index in [1.165, 1.54) is 11.3 Å². The highest BCUT2D eigenvalue weighted by Crippen LogP contribution is 2.24. The minimum absolute atomic E-state index is 0.0275. The molecule has 1 saturated heterocycles. The van der Waals surface area contributed by atoms with Crippen LogP contribution in [0, 0.1) is 12.8 Å². The van der Waals surface area contributed by atoms with Crippen LogP contribution in [0.25, 0.3) is 0 Å². The molecule has 2 aromatic heterocycles. The Labute approximate surface area is 152 Å². The molecule has 1 aliphatic heterocycles. The number of amides is 2. The fourth-order valence-electron chi connectivity index (χ4n) is 3.81. The highest BCUT2D eigenvalue weighted by molar-refractivity contribution is 5.74. The Kier molecular flexibility index (Phi) is 4.67. The molecule has 2 atom stereocenters. The summed E-state index contributed by atoms with van der Waals surface area (Å²) in [5.74, 6) is 1.02. The first-order valence-electron chi connectivity index (χ1n) is 9.16. The van der Waals surface area contributed by atoms with Crippen LogP contribution in [0.1, 0.15) is 34.8 Å². The number of urea groups is 1. The topological polar surface area (TPSA) is 96.3 Å². The summed E-state index contributed by atoms with van der Waals surface area (Å²) in [7, 11) is 1.80. The number of hydrogen-bond acceptors (Lipinski definition) is 5. The average molecular weight is 359 g/mol. The smallest absolute Gasteiger partial charge is 0.317 e. The molecule has 140 valence electrons. The zero-order valence-corrected chi connectivity index (χ0v) is 15.2. The summed E-state index contributed by atoms with van der Waals surface area (Å²) in [5, 5.41) is 14.5. The van der Waals surface area contributed by atoms with Gasteiger partial charge in [-0.15, -0.1) is 0 Å². The molecule has 2 aliphatic rings. The van der Waals surface area contributed by atoms with E-state index in [0.29, 0.717) is 26.2 Å². The quantitative estimate of drug-likeness (QED) is 0.845. The fraction of sp³-hybridized carbons (Fsp3) is 0.611. The third-order valence-corrected chi connectivity index (χ3v) is 5.27. The number of nitrogens with zero attached hydrogens (tertiary/aromatic N) is 3. The van der Waals surface area contributed by atoms with E-state index < -0.39 is 0 Å². The summed E-state index contributed by atoms with van der Waals surface area (Å²) < 4.78 is 10.9. The van der Waals surface area contributed by atoms with Crippen LogP contribution in [0.4, 0.5) is 4.79 Å². The Morgan fingerprint density at radius 1 is 1.42 bits per heavy atom. The van der Waals surface area contributed by atoms with Crippen LogP contribution >= 0.6 is 0 Å². The maximum atomic E-state index is 12.6. The highest BCUT2D eigenvalue weighted by Gasteiger charge is 2.31. The second-order valence-electron chi connectivity index (χ2n) is 7.33. The van der Waals surface area contributed by atoms with Gasteiger partial charge in [-0.1, -0.05) is 5.16 Å². The number of rotatable bonds is 5. The average Bonchev–Trinajstić information content (AvgIpc) is 3.36. The molecule has 2 amide bonds. The number of aromatic amines is 1. The molecule has 8 heteroatoms. The molecule has 8 nitrogen and oxygen atoms in total. The van der Waals surface area contributed by atoms with Crippen molar-refractivity contribution in [1.82, 2.24) is 25.6 Å². The lowest BCUT2D eigenvalue weighted by Crippen LogP contribution is -2.46. The number of carbonyl (C=O) groups is 1. The van der Waals surface area contributed by atoms with E-state index in [0.717, 1.165) is 36.4 Å². The molecule has 2 unspecified atom stereocenters. The van der Waals surface area contributed by atoms with Crippen LogP contribution in [-0.2, 0) is 30.5 Å². The van der Waals surface area contributed by atoms with Gasteiger partial charge in [-0.25, -0.2) is 4.79 Å². The molecular weight excluding hydrogens is 334 g/mol. The van der Waals surface area contributed by atoms with Crippen LogP contribution in [0.2, 0.25) is 0 Å². The minimum Gasteiger partial charge on any atom is -0.379 e. The van der Waals surface area contributed by atoms with Crippen LogP contribution in [-0.4, -0.2) is 52.6 Å². The van der Waals surface area contributed by atoms with Crippen molar-refractivity contribution in [3.63, 3.8) is 0 Å². The summed E-state index contributed by atoms with van der Waals surface area (Å²) in [6, 6.07) is 1.80. The van der Waals surface area contributed by atoms with E-state index in [4.69, 9.17) is 9.26 Å². The predicted molar refractivity (Wildman–Crippen MR) is 93.7 cm³/mol. The Bertz CT molecular complexity index is 784. The molecule has 0 aromatic carbocycles. The van der Waals surface area contributed by atoms with Crippen molar-refractivity contribution < 1.29 is 14.1 Å². The normalized spacial score (nSPS) is 21.8. The molecule has 2 N–H and O–H groups in total. The summed E-state index contributed by atoms with van der Waals surface area (Å²) >= 11 is 0. The number of fused-ring (bicyclic) bond motifs is 1. The zero-order chi connectivity index (χ0) is 18.1. The number of carbonyl (C=O) groups excluding carboxylic acids is 1. The molecule has 0 spiro atoms. The lowest BCUT2D eigenvalue weighted by Gasteiger charge is -2.23. The molecular formula is C18H25N5O3. The Morgan fingerprint density at radius 3 is 3.12 bits per heavy atom. The largest absolute Gasteiger partial charge is 0.379 e. The lowest BCUT2D eigenvalue weighted by molar-refractivity contribution is 0.178. The second-order valence-corrected chi connectivity index (χ2v) is 7.33. The van der Waals surface area contributed by atoms with Gasteiger partial charge in [0.25, 0.3) is 0 Å². The third-order valence-electron chi connectivity index (χ3n) is 5.27. The maximum Gasteiger partial charge on any atom is 0.317 e. The van der Waals surface area contributed by atoms with Crippen molar-refractivity contribution in [2.75, 3.05) is 20.3 Å². The maximum absolute atomic E-state index is 12.6. The van der Waals surface area contributed by atoms with Gasteiger partial charge in [0, 0.05) is 31.1 Å². The number of hydrogen-bond donors (Lipinski definition) is 2. The van der Waals surface area contributed by atoms with Gasteiger partial charge in [0.15, 0.2) is 0 Å². The number of H-pyrrole nitrogens is 1. The number of ether oxygens (including phenoxy) is 1. The van der Waals surface area contributed by atoms with Gasteiger partial charge in [-0.3, -0.25) is 5.10 Å². The zero-order valence-electron chi connectivity index (χ0n) is 15.2. The van der Waals surface area contributed by atoms with Gasteiger partial charge >= 0.3 is 6.03 Å². The SMILES string of the molecule is Cc1cc(CC2COCC2NC(=O)N(C)Cc2n[nH]c3c2CCC3)on1. The molecule has 1 aliphatic carbocycles. The van der Waals surface area contributed by atoms with Gasteiger partial charge in [-0.05, 0) is 31.7 Å². The summed E-state index contributed by atoms with van der Waals surface area (Å²) in [5.41, 5.74) is 4.35. The first-order chi connectivity index (χ1) is 12.6. The Morgan fingerprint density at radius 2 is 2.31 bits per heavy atom. The van der Waals surface area contributed by atoms with Crippen LogP contribution in [0.15, 0.2) is 10.6 Å². The van der Waals surface area contributed by atoms with Gasteiger partial charge in [0.2, 0.25) is 0 Å². The molecule has 1 fully saturated rings. The number of aromatic nitrogens is 3. The summed E-state index contributed by atoms with van der Waals surface area (Å²) in [4.78, 5) is 14.3. The van der Waals surface area contributed by atoms with E-state index in [1.54, 1.807) is 11.9 Å². The first kappa shape index (κ1) is 17.1. The summed E-state index contributed by atoms with van der Waals surface area (Å²) in [6.45, 7) is 3.55. The lowest BCUT2D eigenvalue weighted by atomic mass is 9.98. The molecule has 4 rings (SSSR count). The second kappa shape index (κ2) is 7.11. The van der Waals surface area contributed by atoms with Crippen LogP contribution in [0.5, 0.6) is 0 Å². The molecule has 26 heavy (non-hydrogen) atoms. The van der Waals surface area contributed by atoms with E-state index in [9.17, 15) is 4.79 Å². The molecule has 0 bridgehead atoms. The monoisotopic (exact) mass is 359 g/mol. The van der Waals surface area contributed by atoms with E-state index in [1.807, 2.05) is 13.0 Å². The minimum atomic E-state index is -0.103. The standard InChI is InChI=1S/C18H25N5O3/c1-11-6-13(26-22-11)7-12-9-25-10-17(12)19-18(24)23(2)8-16-14-4-3-5-15(14)20-21-16/h6,12,17H,3-5,7-10H2,1-2H3,(H,19,24)(H,20,21). The van der Waals surface area contributed by atoms with Crippen molar-refractivity contribution >= 4 is 6.03 Å². The van der Waals surface area contributed by atoms with Gasteiger partial charge in [0.1, 0.15) is 5.76 Å². The number of nitrogens with one attached hydrogen (secondary N) is 2. The number of aryl methyl sites for hydroxylation is 2. The first-order valence-corrected chi connectivity index (χ1v) is 9.16. The van der Waals surface area contributed by atoms with E-state index in [-0.39, 0.29) is 18.0 Å².